The van der Waals surface area contributed by atoms with E-state index in [1.54, 1.807) is 7.11 Å². The van der Waals surface area contributed by atoms with Gasteiger partial charge in [0, 0.05) is 47.7 Å². The molecule has 0 spiro atoms. The van der Waals surface area contributed by atoms with Crippen LogP contribution in [0.2, 0.25) is 0 Å². The first kappa shape index (κ1) is 30.2. The summed E-state index contributed by atoms with van der Waals surface area (Å²) in [5.74, 6) is 2.27. The highest BCUT2D eigenvalue weighted by Gasteiger charge is 2.42. The second-order valence-corrected chi connectivity index (χ2v) is 11.5. The van der Waals surface area contributed by atoms with E-state index in [2.05, 4.69) is 95.9 Å². The molecule has 8 heteroatoms. The van der Waals surface area contributed by atoms with Gasteiger partial charge in [-0.15, -0.1) is 0 Å². The SMILES string of the molecule is CCN(CC)c1ccc(-n2c(C)cc(C3C(c4ccccn4)NC(=S)N3c3ccc(Oc4ccc(OC)cc4)cc3)c2C)cc1. The molecule has 5 aromatic rings. The number of benzene rings is 3. The summed E-state index contributed by atoms with van der Waals surface area (Å²) < 4.78 is 13.7. The van der Waals surface area contributed by atoms with Crippen LogP contribution in [0, 0.1) is 13.8 Å². The minimum atomic E-state index is -0.132. The largest absolute Gasteiger partial charge is 0.497 e. The highest BCUT2D eigenvalue weighted by molar-refractivity contribution is 7.80. The summed E-state index contributed by atoms with van der Waals surface area (Å²) in [7, 11) is 1.65. The number of aromatic nitrogens is 2. The van der Waals surface area contributed by atoms with E-state index in [1.165, 1.54) is 22.6 Å². The van der Waals surface area contributed by atoms with Gasteiger partial charge < -0.3 is 29.2 Å². The number of aryl methyl sites for hydroxylation is 1. The number of thiocarbonyl (C=S) groups is 1. The second kappa shape index (κ2) is 13.0. The number of pyridine rings is 1. The van der Waals surface area contributed by atoms with Crippen LogP contribution in [-0.2, 0) is 0 Å². The lowest BCUT2D eigenvalue weighted by Crippen LogP contribution is -2.29. The van der Waals surface area contributed by atoms with E-state index >= 15 is 0 Å². The van der Waals surface area contributed by atoms with Crippen molar-refractivity contribution in [2.45, 2.75) is 39.8 Å². The predicted octanol–water partition coefficient (Wildman–Crippen LogP) is 8.31. The Balaban J connectivity index is 1.36. The van der Waals surface area contributed by atoms with Crippen LogP contribution in [0.25, 0.3) is 5.69 Å². The lowest BCUT2D eigenvalue weighted by Gasteiger charge is -2.28. The first-order chi connectivity index (χ1) is 21.9. The van der Waals surface area contributed by atoms with Gasteiger partial charge in [-0.1, -0.05) is 6.07 Å². The van der Waals surface area contributed by atoms with Gasteiger partial charge in [-0.05, 0) is 136 Å². The fourth-order valence-corrected chi connectivity index (χ4v) is 6.64. The van der Waals surface area contributed by atoms with E-state index in [0.717, 1.165) is 47.4 Å². The standard InChI is InChI=1S/C37H39N5O2S/c1-6-40(7-2)27-11-13-28(14-12-27)41-25(3)24-33(26(41)4)36-35(34-10-8-9-23-38-34)39-37(45)42(36)29-15-17-31(18-16-29)44-32-21-19-30(43-5)20-22-32/h8-24,35-36H,6-7H2,1-5H3,(H,39,45). The molecule has 0 bridgehead atoms. The quantitative estimate of drug-likeness (QED) is 0.158. The molecule has 0 aliphatic carbocycles. The van der Waals surface area contributed by atoms with Gasteiger partial charge in [0.25, 0.3) is 0 Å². The van der Waals surface area contributed by atoms with Crippen molar-refractivity contribution in [3.8, 4) is 22.9 Å². The number of rotatable bonds is 10. The average molecular weight is 618 g/mol. The zero-order chi connectivity index (χ0) is 31.5. The van der Waals surface area contributed by atoms with E-state index < -0.39 is 0 Å². The van der Waals surface area contributed by atoms with Crippen molar-refractivity contribution in [2.75, 3.05) is 30.0 Å². The van der Waals surface area contributed by atoms with Gasteiger partial charge in [0.05, 0.1) is 24.9 Å². The predicted molar refractivity (Wildman–Crippen MR) is 186 cm³/mol. The van der Waals surface area contributed by atoms with Gasteiger partial charge in [0.15, 0.2) is 5.11 Å². The van der Waals surface area contributed by atoms with E-state index in [-0.39, 0.29) is 12.1 Å². The van der Waals surface area contributed by atoms with E-state index in [9.17, 15) is 0 Å². The first-order valence-electron chi connectivity index (χ1n) is 15.4. The molecule has 6 rings (SSSR count). The number of nitrogens with zero attached hydrogens (tertiary/aromatic N) is 4. The van der Waals surface area contributed by atoms with Crippen LogP contribution >= 0.6 is 12.2 Å². The number of nitrogens with one attached hydrogen (secondary N) is 1. The Morgan fingerprint density at radius 3 is 2.04 bits per heavy atom. The molecule has 2 atom stereocenters. The summed E-state index contributed by atoms with van der Waals surface area (Å²) >= 11 is 6.01. The van der Waals surface area contributed by atoms with Crippen LogP contribution in [-0.4, -0.2) is 34.9 Å². The van der Waals surface area contributed by atoms with Crippen molar-refractivity contribution in [3.05, 3.63) is 126 Å². The maximum atomic E-state index is 6.11. The normalized spacial score (nSPS) is 16.0. The molecule has 3 aromatic carbocycles. The number of hydrogen-bond donors (Lipinski definition) is 1. The zero-order valence-electron chi connectivity index (χ0n) is 26.4. The molecule has 7 nitrogen and oxygen atoms in total. The van der Waals surface area contributed by atoms with Crippen molar-refractivity contribution in [1.82, 2.24) is 14.9 Å². The fraction of sp³-hybridized carbons (Fsp3) is 0.243. The van der Waals surface area contributed by atoms with Crippen LogP contribution in [0.4, 0.5) is 11.4 Å². The summed E-state index contributed by atoms with van der Waals surface area (Å²) in [4.78, 5) is 9.31. The van der Waals surface area contributed by atoms with Crippen molar-refractivity contribution >= 4 is 28.7 Å². The molecular weight excluding hydrogens is 579 g/mol. The van der Waals surface area contributed by atoms with Crippen LogP contribution < -0.4 is 24.6 Å². The van der Waals surface area contributed by atoms with Gasteiger partial charge in [-0.2, -0.15) is 0 Å². The molecule has 230 valence electrons. The molecule has 45 heavy (non-hydrogen) atoms. The van der Waals surface area contributed by atoms with E-state index in [4.69, 9.17) is 26.7 Å². The highest BCUT2D eigenvalue weighted by Crippen LogP contribution is 2.44. The maximum absolute atomic E-state index is 6.11. The molecule has 0 radical (unpaired) electrons. The van der Waals surface area contributed by atoms with Gasteiger partial charge in [0.1, 0.15) is 17.2 Å². The summed E-state index contributed by atoms with van der Waals surface area (Å²) in [6.45, 7) is 10.7. The van der Waals surface area contributed by atoms with Crippen molar-refractivity contribution < 1.29 is 9.47 Å². The Morgan fingerprint density at radius 1 is 0.822 bits per heavy atom. The lowest BCUT2D eigenvalue weighted by atomic mass is 9.96. The monoisotopic (exact) mass is 617 g/mol. The Bertz CT molecular complexity index is 1750. The topological polar surface area (TPSA) is 54.8 Å². The zero-order valence-corrected chi connectivity index (χ0v) is 27.2. The summed E-state index contributed by atoms with van der Waals surface area (Å²) in [5.41, 5.74) is 7.83. The van der Waals surface area contributed by atoms with Gasteiger partial charge in [0.2, 0.25) is 0 Å². The third-order valence-corrected chi connectivity index (χ3v) is 8.85. The lowest BCUT2D eigenvalue weighted by molar-refractivity contribution is 0.413. The Morgan fingerprint density at radius 2 is 1.44 bits per heavy atom. The van der Waals surface area contributed by atoms with Gasteiger partial charge >= 0.3 is 0 Å². The molecule has 1 fully saturated rings. The third kappa shape index (κ3) is 5.98. The number of anilines is 2. The summed E-state index contributed by atoms with van der Waals surface area (Å²) in [6.07, 6.45) is 1.84. The first-order valence-corrected chi connectivity index (χ1v) is 15.8. The van der Waals surface area contributed by atoms with Crippen LogP contribution in [0.3, 0.4) is 0 Å². The second-order valence-electron chi connectivity index (χ2n) is 11.1. The number of ether oxygens (including phenoxy) is 2. The maximum Gasteiger partial charge on any atom is 0.174 e. The molecule has 2 unspecified atom stereocenters. The van der Waals surface area contributed by atoms with Gasteiger partial charge in [-0.25, -0.2) is 0 Å². The minimum absolute atomic E-state index is 0.115. The molecule has 3 heterocycles. The van der Waals surface area contributed by atoms with E-state index in [1.807, 2.05) is 54.7 Å². The van der Waals surface area contributed by atoms with Crippen LogP contribution in [0.5, 0.6) is 17.2 Å². The van der Waals surface area contributed by atoms with Crippen LogP contribution in [0.1, 0.15) is 48.6 Å². The molecule has 1 saturated heterocycles. The summed E-state index contributed by atoms with van der Waals surface area (Å²) in [6, 6.07) is 32.6. The molecule has 1 aliphatic rings. The van der Waals surface area contributed by atoms with Gasteiger partial charge in [-0.3, -0.25) is 4.98 Å². The minimum Gasteiger partial charge on any atom is -0.497 e. The van der Waals surface area contributed by atoms with Crippen molar-refractivity contribution in [1.29, 1.82) is 0 Å². The van der Waals surface area contributed by atoms with Crippen LogP contribution in [0.15, 0.2) is 103 Å². The number of hydrogen-bond acceptors (Lipinski definition) is 5. The molecule has 1 aliphatic heterocycles. The summed E-state index contributed by atoms with van der Waals surface area (Å²) in [5, 5.41) is 4.26. The average Bonchev–Trinajstić information content (AvgIpc) is 3.57. The van der Waals surface area contributed by atoms with E-state index in [0.29, 0.717) is 5.11 Å². The molecular formula is C37H39N5O2S. The third-order valence-electron chi connectivity index (χ3n) is 8.53. The molecule has 1 N–H and O–H groups in total. The molecule has 2 aromatic heterocycles. The van der Waals surface area contributed by atoms with Crippen molar-refractivity contribution in [3.63, 3.8) is 0 Å². The Kier molecular flexibility index (Phi) is 8.76. The Hall–Kier alpha value is -4.82. The fourth-order valence-electron chi connectivity index (χ4n) is 6.29. The molecule has 0 saturated carbocycles. The number of methoxy groups -OCH3 is 1. The van der Waals surface area contributed by atoms with Crippen molar-refractivity contribution in [2.24, 2.45) is 0 Å². The highest BCUT2D eigenvalue weighted by atomic mass is 32.1. The molecule has 0 amide bonds. The Labute approximate surface area is 271 Å². The smallest absolute Gasteiger partial charge is 0.174 e.